The van der Waals surface area contributed by atoms with Crippen molar-refractivity contribution in [3.8, 4) is 10.7 Å². The summed E-state index contributed by atoms with van der Waals surface area (Å²) < 4.78 is 5.92. The maximum Gasteiger partial charge on any atom is 0.433 e. The maximum absolute atomic E-state index is 12.1. The Labute approximate surface area is 147 Å². The van der Waals surface area contributed by atoms with E-state index in [4.69, 9.17) is 4.42 Å². The average molecular weight is 372 g/mol. The molecule has 0 aliphatic heterocycles. The number of thiazole rings is 2. The number of amides is 1. The van der Waals surface area contributed by atoms with Crippen LogP contribution in [-0.4, -0.2) is 20.8 Å². The number of rotatable bonds is 4. The molecule has 4 aromatic rings. The number of nitrogens with one attached hydrogen (secondary N) is 1. The fraction of sp³-hybridized carbons (Fsp3) is 0. The predicted octanol–water partition coefficient (Wildman–Crippen LogP) is 4.17. The molecule has 3 heterocycles. The summed E-state index contributed by atoms with van der Waals surface area (Å²) in [5.41, 5.74) is 1.55. The zero-order valence-corrected chi connectivity index (χ0v) is 14.0. The molecule has 0 spiro atoms. The third kappa shape index (κ3) is 2.99. The summed E-state index contributed by atoms with van der Waals surface area (Å²) in [4.78, 5) is 30.8. The van der Waals surface area contributed by atoms with Crippen LogP contribution in [0.5, 0.6) is 0 Å². The lowest BCUT2D eigenvalue weighted by Gasteiger charge is -1.96. The van der Waals surface area contributed by atoms with E-state index in [0.29, 0.717) is 10.8 Å². The number of nitrogens with zero attached hydrogens (tertiary/aromatic N) is 3. The summed E-state index contributed by atoms with van der Waals surface area (Å²) in [6.45, 7) is 0. The SMILES string of the molecule is O=C(Nc1nc(-c2nc3ccccc3s2)cs1)c1ccc([N+](=O)[O-])o1. The fourth-order valence-corrected chi connectivity index (χ4v) is 3.81. The number of furan rings is 1. The Morgan fingerprint density at radius 3 is 2.80 bits per heavy atom. The summed E-state index contributed by atoms with van der Waals surface area (Å²) in [5, 5.41) is 16.1. The first-order valence-electron chi connectivity index (χ1n) is 6.97. The van der Waals surface area contributed by atoms with E-state index in [9.17, 15) is 14.9 Å². The van der Waals surface area contributed by atoms with Crippen molar-refractivity contribution in [3.63, 3.8) is 0 Å². The molecule has 0 bridgehead atoms. The lowest BCUT2D eigenvalue weighted by Crippen LogP contribution is -2.10. The van der Waals surface area contributed by atoms with E-state index in [1.807, 2.05) is 24.3 Å². The topological polar surface area (TPSA) is 111 Å². The van der Waals surface area contributed by atoms with Crippen molar-refractivity contribution < 1.29 is 14.1 Å². The summed E-state index contributed by atoms with van der Waals surface area (Å²) in [7, 11) is 0. The third-order valence-electron chi connectivity index (χ3n) is 3.23. The van der Waals surface area contributed by atoms with Crippen LogP contribution in [-0.2, 0) is 0 Å². The average Bonchev–Trinajstić information content (AvgIpc) is 3.33. The van der Waals surface area contributed by atoms with Crippen molar-refractivity contribution in [3.05, 3.63) is 57.7 Å². The molecular weight excluding hydrogens is 364 g/mol. The molecule has 0 radical (unpaired) electrons. The van der Waals surface area contributed by atoms with Gasteiger partial charge in [-0.2, -0.15) is 0 Å². The van der Waals surface area contributed by atoms with Crippen LogP contribution in [0.2, 0.25) is 0 Å². The summed E-state index contributed by atoms with van der Waals surface area (Å²) in [6, 6.07) is 10.1. The van der Waals surface area contributed by atoms with Crippen molar-refractivity contribution in [2.75, 3.05) is 5.32 Å². The van der Waals surface area contributed by atoms with Gasteiger partial charge >= 0.3 is 5.88 Å². The standard InChI is InChI=1S/C15H8N4O4S2/c20-13(10-5-6-12(23-10)19(21)22)18-15-17-9(7-24-15)14-16-8-3-1-2-4-11(8)25-14/h1-7H,(H,17,18,20). The normalized spacial score (nSPS) is 10.9. The number of carbonyl (C=O) groups excluding carboxylic acids is 1. The van der Waals surface area contributed by atoms with Crippen molar-refractivity contribution >= 4 is 49.8 Å². The smallest absolute Gasteiger partial charge is 0.395 e. The van der Waals surface area contributed by atoms with Gasteiger partial charge in [-0.05, 0) is 18.2 Å². The van der Waals surface area contributed by atoms with Crippen LogP contribution in [0.1, 0.15) is 10.6 Å². The number of nitro groups is 1. The second-order valence-electron chi connectivity index (χ2n) is 4.87. The molecule has 0 aliphatic rings. The van der Waals surface area contributed by atoms with E-state index < -0.39 is 16.7 Å². The number of fused-ring (bicyclic) bond motifs is 1. The van der Waals surface area contributed by atoms with Crippen LogP contribution in [0.4, 0.5) is 11.0 Å². The number of hydrogen-bond acceptors (Lipinski definition) is 8. The highest BCUT2D eigenvalue weighted by molar-refractivity contribution is 7.22. The first kappa shape index (κ1) is 15.4. The van der Waals surface area contributed by atoms with Crippen LogP contribution >= 0.6 is 22.7 Å². The largest absolute Gasteiger partial charge is 0.433 e. The van der Waals surface area contributed by atoms with Crippen LogP contribution in [0.3, 0.4) is 0 Å². The quantitative estimate of drug-likeness (QED) is 0.425. The molecule has 0 atom stereocenters. The molecule has 0 aliphatic carbocycles. The zero-order valence-electron chi connectivity index (χ0n) is 12.3. The molecule has 10 heteroatoms. The van der Waals surface area contributed by atoms with Gasteiger partial charge in [0.1, 0.15) is 15.6 Å². The van der Waals surface area contributed by atoms with Crippen molar-refractivity contribution in [1.29, 1.82) is 0 Å². The fourth-order valence-electron chi connectivity index (χ4n) is 2.12. The third-order valence-corrected chi connectivity index (χ3v) is 5.05. The Bertz CT molecular complexity index is 1060. The second-order valence-corrected chi connectivity index (χ2v) is 6.76. The lowest BCUT2D eigenvalue weighted by molar-refractivity contribution is -0.402. The Kier molecular flexibility index (Phi) is 3.75. The highest BCUT2D eigenvalue weighted by Crippen LogP contribution is 2.32. The van der Waals surface area contributed by atoms with Gasteiger partial charge in [-0.15, -0.1) is 22.7 Å². The van der Waals surface area contributed by atoms with Gasteiger partial charge in [0.2, 0.25) is 0 Å². The molecule has 1 amide bonds. The molecule has 8 nitrogen and oxygen atoms in total. The first-order valence-corrected chi connectivity index (χ1v) is 8.67. The van der Waals surface area contributed by atoms with Gasteiger partial charge in [0.15, 0.2) is 10.9 Å². The van der Waals surface area contributed by atoms with Gasteiger partial charge < -0.3 is 4.42 Å². The predicted molar refractivity (Wildman–Crippen MR) is 94.0 cm³/mol. The van der Waals surface area contributed by atoms with Crippen LogP contribution < -0.4 is 5.32 Å². The Hall–Kier alpha value is -3.11. The van der Waals surface area contributed by atoms with E-state index in [0.717, 1.165) is 21.3 Å². The monoisotopic (exact) mass is 372 g/mol. The second kappa shape index (κ2) is 6.07. The number of benzene rings is 1. The first-order chi connectivity index (χ1) is 12.1. The van der Waals surface area contributed by atoms with Crippen molar-refractivity contribution in [2.24, 2.45) is 0 Å². The van der Waals surface area contributed by atoms with Crippen LogP contribution in [0.15, 0.2) is 46.2 Å². The van der Waals surface area contributed by atoms with E-state index in [1.54, 1.807) is 5.38 Å². The van der Waals surface area contributed by atoms with E-state index >= 15 is 0 Å². The van der Waals surface area contributed by atoms with Gasteiger partial charge in [-0.3, -0.25) is 20.2 Å². The summed E-state index contributed by atoms with van der Waals surface area (Å²) >= 11 is 2.75. The van der Waals surface area contributed by atoms with E-state index in [-0.39, 0.29) is 5.76 Å². The summed E-state index contributed by atoms with van der Waals surface area (Å²) in [5.74, 6) is -1.24. The van der Waals surface area contributed by atoms with Crippen molar-refractivity contribution in [1.82, 2.24) is 9.97 Å². The van der Waals surface area contributed by atoms with Crippen LogP contribution in [0, 0.1) is 10.1 Å². The van der Waals surface area contributed by atoms with Gasteiger partial charge in [0.05, 0.1) is 16.3 Å². The number of para-hydroxylation sites is 1. The molecule has 0 saturated heterocycles. The highest BCUT2D eigenvalue weighted by Gasteiger charge is 2.19. The molecule has 4 rings (SSSR count). The number of anilines is 1. The number of carbonyl (C=O) groups is 1. The highest BCUT2D eigenvalue weighted by atomic mass is 32.1. The van der Waals surface area contributed by atoms with Crippen LogP contribution in [0.25, 0.3) is 20.9 Å². The minimum atomic E-state index is -0.703. The molecular formula is C15H8N4O4S2. The van der Waals surface area contributed by atoms with Gasteiger partial charge in [-0.1, -0.05) is 12.1 Å². The zero-order chi connectivity index (χ0) is 17.4. The molecule has 0 saturated carbocycles. The molecule has 1 N–H and O–H groups in total. The maximum atomic E-state index is 12.1. The van der Waals surface area contributed by atoms with Gasteiger partial charge in [0.25, 0.3) is 5.91 Å². The number of aromatic nitrogens is 2. The Morgan fingerprint density at radius 2 is 2.04 bits per heavy atom. The number of hydrogen-bond donors (Lipinski definition) is 1. The molecule has 3 aromatic heterocycles. The lowest BCUT2D eigenvalue weighted by atomic mass is 10.3. The minimum Gasteiger partial charge on any atom is -0.395 e. The Balaban J connectivity index is 1.54. The van der Waals surface area contributed by atoms with Gasteiger partial charge in [0, 0.05) is 5.38 Å². The Morgan fingerprint density at radius 1 is 1.20 bits per heavy atom. The summed E-state index contributed by atoms with van der Waals surface area (Å²) in [6.07, 6.45) is 0. The minimum absolute atomic E-state index is 0.150. The van der Waals surface area contributed by atoms with Crippen molar-refractivity contribution in [2.45, 2.75) is 0 Å². The van der Waals surface area contributed by atoms with E-state index in [2.05, 4.69) is 15.3 Å². The molecule has 1 aromatic carbocycles. The molecule has 0 unspecified atom stereocenters. The van der Waals surface area contributed by atoms with E-state index in [1.165, 1.54) is 28.7 Å². The molecule has 0 fully saturated rings. The molecule has 124 valence electrons. The molecule has 25 heavy (non-hydrogen) atoms. The van der Waals surface area contributed by atoms with Gasteiger partial charge in [-0.25, -0.2) is 9.97 Å².